The zero-order valence-corrected chi connectivity index (χ0v) is 13.4. The van der Waals surface area contributed by atoms with Gasteiger partial charge in [-0.2, -0.15) is 0 Å². The maximum atomic E-state index is 5.54. The van der Waals surface area contributed by atoms with Crippen LogP contribution in [0.3, 0.4) is 0 Å². The van der Waals surface area contributed by atoms with E-state index in [1.165, 1.54) is 24.8 Å². The van der Waals surface area contributed by atoms with Crippen molar-refractivity contribution in [2.24, 2.45) is 5.41 Å². The summed E-state index contributed by atoms with van der Waals surface area (Å²) in [4.78, 5) is 0. The summed E-state index contributed by atoms with van der Waals surface area (Å²) in [5, 5.41) is 3.68. The van der Waals surface area contributed by atoms with Gasteiger partial charge in [0.2, 0.25) is 0 Å². The summed E-state index contributed by atoms with van der Waals surface area (Å²) in [6, 6.07) is 9.44. The van der Waals surface area contributed by atoms with Gasteiger partial charge in [0.25, 0.3) is 0 Å². The van der Waals surface area contributed by atoms with Crippen molar-refractivity contribution in [2.75, 3.05) is 13.2 Å². The predicted octanol–water partition coefficient (Wildman–Crippen LogP) is 4.36. The fraction of sp³-hybridized carbons (Fsp3) is 0.667. The predicted molar refractivity (Wildman–Crippen MR) is 85.4 cm³/mol. The molecule has 0 bridgehead atoms. The SMILES string of the molecule is CCNC1CC(c2ccc(OCC)cc2)C1(CC)CC. The number of hydrogen-bond acceptors (Lipinski definition) is 2. The Bertz CT molecular complexity index is 408. The van der Waals surface area contributed by atoms with Gasteiger partial charge in [0.05, 0.1) is 6.61 Å². The molecule has 1 N–H and O–H groups in total. The molecule has 2 heteroatoms. The highest BCUT2D eigenvalue weighted by Crippen LogP contribution is 2.57. The molecule has 2 unspecified atom stereocenters. The minimum absolute atomic E-state index is 0.434. The van der Waals surface area contributed by atoms with Crippen LogP contribution in [-0.4, -0.2) is 19.2 Å². The van der Waals surface area contributed by atoms with Crippen LogP contribution in [0.2, 0.25) is 0 Å². The van der Waals surface area contributed by atoms with Gasteiger partial charge in [-0.25, -0.2) is 0 Å². The van der Waals surface area contributed by atoms with Gasteiger partial charge in [0, 0.05) is 6.04 Å². The van der Waals surface area contributed by atoms with Crippen molar-refractivity contribution in [3.63, 3.8) is 0 Å². The smallest absolute Gasteiger partial charge is 0.119 e. The molecule has 112 valence electrons. The summed E-state index contributed by atoms with van der Waals surface area (Å²) >= 11 is 0. The number of ether oxygens (including phenoxy) is 1. The second-order valence-electron chi connectivity index (χ2n) is 5.84. The third kappa shape index (κ3) is 2.58. The fourth-order valence-electron chi connectivity index (χ4n) is 3.99. The normalized spacial score (nSPS) is 24.2. The summed E-state index contributed by atoms with van der Waals surface area (Å²) in [5.74, 6) is 1.68. The summed E-state index contributed by atoms with van der Waals surface area (Å²) in [6.45, 7) is 10.7. The molecule has 20 heavy (non-hydrogen) atoms. The van der Waals surface area contributed by atoms with E-state index < -0.39 is 0 Å². The van der Waals surface area contributed by atoms with Crippen LogP contribution in [0, 0.1) is 5.41 Å². The average Bonchev–Trinajstić information content (AvgIpc) is 2.46. The molecule has 2 rings (SSSR count). The average molecular weight is 275 g/mol. The monoisotopic (exact) mass is 275 g/mol. The molecule has 0 amide bonds. The molecule has 0 heterocycles. The van der Waals surface area contributed by atoms with Gasteiger partial charge in [0.1, 0.15) is 5.75 Å². The van der Waals surface area contributed by atoms with Gasteiger partial charge in [-0.3, -0.25) is 0 Å². The van der Waals surface area contributed by atoms with Crippen molar-refractivity contribution in [1.82, 2.24) is 5.32 Å². The molecule has 0 saturated heterocycles. The molecule has 1 saturated carbocycles. The largest absolute Gasteiger partial charge is 0.494 e. The molecular weight excluding hydrogens is 246 g/mol. The molecular formula is C18H29NO. The summed E-state index contributed by atoms with van der Waals surface area (Å²) in [5.41, 5.74) is 1.91. The first-order chi connectivity index (χ1) is 9.71. The van der Waals surface area contributed by atoms with Crippen molar-refractivity contribution in [2.45, 2.75) is 58.9 Å². The van der Waals surface area contributed by atoms with Crippen LogP contribution < -0.4 is 10.1 Å². The molecule has 0 radical (unpaired) electrons. The van der Waals surface area contributed by atoms with E-state index in [2.05, 4.69) is 50.4 Å². The third-order valence-corrected chi connectivity index (χ3v) is 5.22. The van der Waals surface area contributed by atoms with Crippen molar-refractivity contribution in [3.8, 4) is 5.75 Å². The lowest BCUT2D eigenvalue weighted by Gasteiger charge is -2.56. The highest BCUT2D eigenvalue weighted by molar-refractivity contribution is 5.33. The van der Waals surface area contributed by atoms with E-state index >= 15 is 0 Å². The number of hydrogen-bond donors (Lipinski definition) is 1. The molecule has 0 aromatic heterocycles. The summed E-state index contributed by atoms with van der Waals surface area (Å²) in [7, 11) is 0. The Morgan fingerprint density at radius 2 is 1.75 bits per heavy atom. The van der Waals surface area contributed by atoms with Crippen molar-refractivity contribution in [3.05, 3.63) is 29.8 Å². The van der Waals surface area contributed by atoms with Crippen LogP contribution in [0.4, 0.5) is 0 Å². The molecule has 1 aromatic carbocycles. The van der Waals surface area contributed by atoms with Gasteiger partial charge < -0.3 is 10.1 Å². The van der Waals surface area contributed by atoms with Gasteiger partial charge in [-0.15, -0.1) is 0 Å². The van der Waals surface area contributed by atoms with Gasteiger partial charge in [0.15, 0.2) is 0 Å². The molecule has 1 aromatic rings. The summed E-state index contributed by atoms with van der Waals surface area (Å²) in [6.07, 6.45) is 3.77. The van der Waals surface area contributed by atoms with E-state index in [1.807, 2.05) is 6.92 Å². The first kappa shape index (κ1) is 15.4. The third-order valence-electron chi connectivity index (χ3n) is 5.22. The Hall–Kier alpha value is -1.02. The highest BCUT2D eigenvalue weighted by Gasteiger charge is 2.52. The van der Waals surface area contributed by atoms with Gasteiger partial charge in [-0.1, -0.05) is 32.9 Å². The molecule has 2 atom stereocenters. The Labute approximate surface area is 123 Å². The maximum absolute atomic E-state index is 5.54. The quantitative estimate of drug-likeness (QED) is 0.798. The minimum atomic E-state index is 0.434. The van der Waals surface area contributed by atoms with Crippen LogP contribution in [0.25, 0.3) is 0 Å². The van der Waals surface area contributed by atoms with Gasteiger partial charge >= 0.3 is 0 Å². The van der Waals surface area contributed by atoms with Crippen molar-refractivity contribution in [1.29, 1.82) is 0 Å². The van der Waals surface area contributed by atoms with E-state index in [1.54, 1.807) is 0 Å². The Morgan fingerprint density at radius 1 is 1.10 bits per heavy atom. The second-order valence-corrected chi connectivity index (χ2v) is 5.84. The lowest BCUT2D eigenvalue weighted by atomic mass is 9.52. The minimum Gasteiger partial charge on any atom is -0.494 e. The lowest BCUT2D eigenvalue weighted by Crippen LogP contribution is -2.58. The van der Waals surface area contributed by atoms with Crippen LogP contribution in [0.1, 0.15) is 58.4 Å². The number of rotatable bonds is 7. The van der Waals surface area contributed by atoms with E-state index in [9.17, 15) is 0 Å². The van der Waals surface area contributed by atoms with E-state index in [0.717, 1.165) is 18.9 Å². The maximum Gasteiger partial charge on any atom is 0.119 e. The van der Waals surface area contributed by atoms with Crippen molar-refractivity contribution < 1.29 is 4.74 Å². The molecule has 1 aliphatic carbocycles. The Kier molecular flexibility index (Phi) is 5.09. The van der Waals surface area contributed by atoms with Gasteiger partial charge in [-0.05, 0) is 61.8 Å². The highest BCUT2D eigenvalue weighted by atomic mass is 16.5. The molecule has 1 aliphatic rings. The second kappa shape index (κ2) is 6.62. The Balaban J connectivity index is 2.15. The summed E-state index contributed by atoms with van der Waals surface area (Å²) < 4.78 is 5.54. The zero-order chi connectivity index (χ0) is 14.6. The van der Waals surface area contributed by atoms with Crippen LogP contribution >= 0.6 is 0 Å². The first-order valence-corrected chi connectivity index (χ1v) is 8.17. The number of nitrogens with one attached hydrogen (secondary N) is 1. The van der Waals surface area contributed by atoms with Crippen molar-refractivity contribution >= 4 is 0 Å². The lowest BCUT2D eigenvalue weighted by molar-refractivity contribution is 0.0210. The standard InChI is InChI=1S/C18H29NO/c1-5-18(6-2)16(13-17(18)19-7-3)14-9-11-15(12-10-14)20-8-4/h9-12,16-17,19H,5-8,13H2,1-4H3. The van der Waals surface area contributed by atoms with E-state index in [0.29, 0.717) is 17.4 Å². The molecule has 0 aliphatic heterocycles. The zero-order valence-electron chi connectivity index (χ0n) is 13.4. The van der Waals surface area contributed by atoms with E-state index in [-0.39, 0.29) is 0 Å². The number of benzene rings is 1. The van der Waals surface area contributed by atoms with Crippen LogP contribution in [-0.2, 0) is 0 Å². The van der Waals surface area contributed by atoms with E-state index in [4.69, 9.17) is 4.74 Å². The topological polar surface area (TPSA) is 21.3 Å². The van der Waals surface area contributed by atoms with Crippen LogP contribution in [0.5, 0.6) is 5.75 Å². The fourth-order valence-corrected chi connectivity index (χ4v) is 3.99. The first-order valence-electron chi connectivity index (χ1n) is 8.17. The van der Waals surface area contributed by atoms with Crippen LogP contribution in [0.15, 0.2) is 24.3 Å². The molecule has 2 nitrogen and oxygen atoms in total. The molecule has 1 fully saturated rings. The Morgan fingerprint density at radius 3 is 2.25 bits per heavy atom. The molecule has 0 spiro atoms.